The van der Waals surface area contributed by atoms with Crippen molar-refractivity contribution >= 4 is 6.29 Å². The van der Waals surface area contributed by atoms with Gasteiger partial charge in [-0.25, -0.2) is 0 Å². The van der Waals surface area contributed by atoms with Gasteiger partial charge in [0.05, 0.1) is 0 Å². The van der Waals surface area contributed by atoms with Crippen LogP contribution in [0.25, 0.3) is 0 Å². The third-order valence-electron chi connectivity index (χ3n) is 3.06. The fourth-order valence-corrected chi connectivity index (χ4v) is 1.85. The standard InChI is InChI=1S/C14H21NO3/c1-13(2,3)12(17)14(15,18-4)11-7-5-10(9-16)6-8-11/h5-9,12,17H,15H2,1-4H3/t12-,14-/m0/s1. The van der Waals surface area contributed by atoms with E-state index in [-0.39, 0.29) is 0 Å². The Hall–Kier alpha value is -1.23. The number of aliphatic hydroxyl groups is 1. The van der Waals surface area contributed by atoms with Gasteiger partial charge < -0.3 is 9.84 Å². The normalized spacial score (nSPS) is 17.0. The van der Waals surface area contributed by atoms with Gasteiger partial charge in [-0.1, -0.05) is 45.0 Å². The lowest BCUT2D eigenvalue weighted by Crippen LogP contribution is -2.54. The Bertz CT molecular complexity index is 408. The molecule has 0 bridgehead atoms. The average Bonchev–Trinajstić information content (AvgIpc) is 2.36. The summed E-state index contributed by atoms with van der Waals surface area (Å²) in [6.07, 6.45) is -0.119. The van der Waals surface area contributed by atoms with Gasteiger partial charge in [0.1, 0.15) is 12.4 Å². The minimum absolute atomic E-state index is 0.423. The van der Waals surface area contributed by atoms with Crippen LogP contribution < -0.4 is 5.73 Å². The van der Waals surface area contributed by atoms with Crippen LogP contribution in [0.15, 0.2) is 24.3 Å². The van der Waals surface area contributed by atoms with Crippen molar-refractivity contribution in [1.82, 2.24) is 0 Å². The van der Waals surface area contributed by atoms with Crippen molar-refractivity contribution in [3.63, 3.8) is 0 Å². The maximum absolute atomic E-state index is 10.6. The van der Waals surface area contributed by atoms with E-state index < -0.39 is 17.2 Å². The van der Waals surface area contributed by atoms with E-state index in [0.717, 1.165) is 6.29 Å². The smallest absolute Gasteiger partial charge is 0.169 e. The fourth-order valence-electron chi connectivity index (χ4n) is 1.85. The van der Waals surface area contributed by atoms with Crippen molar-refractivity contribution in [3.05, 3.63) is 35.4 Å². The zero-order valence-electron chi connectivity index (χ0n) is 11.3. The number of rotatable bonds is 4. The summed E-state index contributed by atoms with van der Waals surface area (Å²) in [6.45, 7) is 5.66. The molecular weight excluding hydrogens is 230 g/mol. The van der Waals surface area contributed by atoms with Crippen molar-refractivity contribution in [2.24, 2.45) is 11.1 Å². The van der Waals surface area contributed by atoms with Crippen LogP contribution in [-0.4, -0.2) is 24.6 Å². The molecule has 0 amide bonds. The molecule has 1 aromatic carbocycles. The molecule has 0 spiro atoms. The molecule has 4 heteroatoms. The molecule has 0 saturated heterocycles. The summed E-state index contributed by atoms with van der Waals surface area (Å²) in [5.74, 6) is 0. The number of nitrogens with two attached hydrogens (primary N) is 1. The molecular formula is C14H21NO3. The van der Waals surface area contributed by atoms with Crippen LogP contribution >= 0.6 is 0 Å². The van der Waals surface area contributed by atoms with Crippen LogP contribution in [0.4, 0.5) is 0 Å². The second kappa shape index (κ2) is 5.18. The summed E-state index contributed by atoms with van der Waals surface area (Å²) in [5, 5.41) is 10.4. The SMILES string of the molecule is CO[C@@](N)(c1ccc(C=O)cc1)[C@@H](O)C(C)(C)C. The minimum atomic E-state index is -1.29. The van der Waals surface area contributed by atoms with Gasteiger partial charge in [0.2, 0.25) is 0 Å². The van der Waals surface area contributed by atoms with Gasteiger partial charge in [-0.2, -0.15) is 0 Å². The number of hydrogen-bond acceptors (Lipinski definition) is 4. The minimum Gasteiger partial charge on any atom is -0.388 e. The number of benzene rings is 1. The Labute approximate surface area is 108 Å². The Morgan fingerprint density at radius 3 is 2.11 bits per heavy atom. The second-order valence-corrected chi connectivity index (χ2v) is 5.51. The van der Waals surface area contributed by atoms with Crippen molar-refractivity contribution in [2.75, 3.05) is 7.11 Å². The maximum Gasteiger partial charge on any atom is 0.169 e. The number of aldehydes is 1. The molecule has 1 rings (SSSR count). The highest BCUT2D eigenvalue weighted by atomic mass is 16.5. The van der Waals surface area contributed by atoms with E-state index in [9.17, 15) is 9.90 Å². The first-order valence-corrected chi connectivity index (χ1v) is 5.83. The Balaban J connectivity index is 3.17. The molecule has 0 saturated carbocycles. The molecule has 0 heterocycles. The Kier molecular flexibility index (Phi) is 4.27. The lowest BCUT2D eigenvalue weighted by atomic mass is 9.80. The largest absolute Gasteiger partial charge is 0.388 e. The number of methoxy groups -OCH3 is 1. The van der Waals surface area contributed by atoms with Gasteiger partial charge in [-0.3, -0.25) is 10.5 Å². The van der Waals surface area contributed by atoms with Crippen LogP contribution in [0.1, 0.15) is 36.7 Å². The van der Waals surface area contributed by atoms with Crippen molar-refractivity contribution < 1.29 is 14.6 Å². The molecule has 0 unspecified atom stereocenters. The lowest BCUT2D eigenvalue weighted by Gasteiger charge is -2.40. The van der Waals surface area contributed by atoms with E-state index >= 15 is 0 Å². The summed E-state index contributed by atoms with van der Waals surface area (Å²) < 4.78 is 5.33. The molecule has 0 radical (unpaired) electrons. The summed E-state index contributed by atoms with van der Waals surface area (Å²) in [7, 11) is 1.46. The molecule has 1 aromatic rings. The quantitative estimate of drug-likeness (QED) is 0.630. The van der Waals surface area contributed by atoms with Crippen LogP contribution in [0.2, 0.25) is 0 Å². The van der Waals surface area contributed by atoms with Gasteiger partial charge in [-0.15, -0.1) is 0 Å². The van der Waals surface area contributed by atoms with Crippen molar-refractivity contribution in [2.45, 2.75) is 32.6 Å². The van der Waals surface area contributed by atoms with Gasteiger partial charge >= 0.3 is 0 Å². The summed E-state index contributed by atoms with van der Waals surface area (Å²) in [4.78, 5) is 10.6. The van der Waals surface area contributed by atoms with Crippen LogP contribution in [0.5, 0.6) is 0 Å². The first kappa shape index (κ1) is 14.8. The van der Waals surface area contributed by atoms with E-state index in [1.54, 1.807) is 24.3 Å². The summed E-state index contributed by atoms with van der Waals surface area (Å²) in [5.41, 5.74) is 5.66. The average molecular weight is 251 g/mol. The van der Waals surface area contributed by atoms with E-state index in [1.807, 2.05) is 20.8 Å². The van der Waals surface area contributed by atoms with Crippen molar-refractivity contribution in [1.29, 1.82) is 0 Å². The lowest BCUT2D eigenvalue weighted by molar-refractivity contribution is -0.144. The maximum atomic E-state index is 10.6. The highest BCUT2D eigenvalue weighted by molar-refractivity contribution is 5.74. The molecule has 100 valence electrons. The Morgan fingerprint density at radius 1 is 1.28 bits per heavy atom. The van der Waals surface area contributed by atoms with Gasteiger partial charge in [0, 0.05) is 18.2 Å². The molecule has 3 N–H and O–H groups in total. The van der Waals surface area contributed by atoms with Crippen molar-refractivity contribution in [3.8, 4) is 0 Å². The van der Waals surface area contributed by atoms with Gasteiger partial charge in [0.15, 0.2) is 5.72 Å². The monoisotopic (exact) mass is 251 g/mol. The third-order valence-corrected chi connectivity index (χ3v) is 3.06. The zero-order chi connectivity index (χ0) is 14.0. The van der Waals surface area contributed by atoms with Crippen LogP contribution in [0, 0.1) is 5.41 Å². The molecule has 0 aliphatic heterocycles. The van der Waals surface area contributed by atoms with E-state index in [4.69, 9.17) is 10.5 Å². The second-order valence-electron chi connectivity index (χ2n) is 5.51. The first-order chi connectivity index (χ1) is 8.25. The zero-order valence-corrected chi connectivity index (χ0v) is 11.3. The van der Waals surface area contributed by atoms with E-state index in [2.05, 4.69) is 0 Å². The molecule has 18 heavy (non-hydrogen) atoms. The molecule has 0 aliphatic rings. The van der Waals surface area contributed by atoms with Gasteiger partial charge in [-0.05, 0) is 5.41 Å². The number of ether oxygens (including phenoxy) is 1. The number of carbonyl (C=O) groups excluding carboxylic acids is 1. The molecule has 0 aliphatic carbocycles. The van der Waals surface area contributed by atoms with E-state index in [1.165, 1.54) is 7.11 Å². The highest BCUT2D eigenvalue weighted by Gasteiger charge is 2.42. The molecule has 0 fully saturated rings. The number of aliphatic hydroxyl groups excluding tert-OH is 1. The van der Waals surface area contributed by atoms with E-state index in [0.29, 0.717) is 11.1 Å². The molecule has 0 aromatic heterocycles. The third kappa shape index (κ3) is 2.77. The van der Waals surface area contributed by atoms with Crippen LogP contribution in [-0.2, 0) is 10.5 Å². The molecule has 4 nitrogen and oxygen atoms in total. The predicted molar refractivity (Wildman–Crippen MR) is 70.2 cm³/mol. The fraction of sp³-hybridized carbons (Fsp3) is 0.500. The first-order valence-electron chi connectivity index (χ1n) is 5.83. The van der Waals surface area contributed by atoms with Crippen LogP contribution in [0.3, 0.4) is 0 Å². The highest BCUT2D eigenvalue weighted by Crippen LogP contribution is 2.34. The summed E-state index contributed by atoms with van der Waals surface area (Å²) in [6, 6.07) is 6.70. The topological polar surface area (TPSA) is 72.5 Å². The predicted octanol–water partition coefficient (Wildman–Crippen LogP) is 1.66. The Morgan fingerprint density at radius 2 is 1.78 bits per heavy atom. The summed E-state index contributed by atoms with van der Waals surface area (Å²) >= 11 is 0. The number of carbonyl (C=O) groups is 1. The van der Waals surface area contributed by atoms with Gasteiger partial charge in [0.25, 0.3) is 0 Å². The molecule has 2 atom stereocenters. The number of hydrogen-bond donors (Lipinski definition) is 2.